The first-order chi connectivity index (χ1) is 15.9. The predicted octanol–water partition coefficient (Wildman–Crippen LogP) is 2.52. The van der Waals surface area contributed by atoms with Gasteiger partial charge in [-0.2, -0.15) is 0 Å². The van der Waals surface area contributed by atoms with E-state index in [9.17, 15) is 14.3 Å². The lowest BCUT2D eigenvalue weighted by atomic mass is 9.98. The van der Waals surface area contributed by atoms with Crippen molar-refractivity contribution < 1.29 is 18.8 Å². The molecule has 0 aliphatic carbocycles. The van der Waals surface area contributed by atoms with Crippen LogP contribution in [0.15, 0.2) is 59.5 Å². The molecule has 0 spiro atoms. The molecule has 10 nitrogen and oxygen atoms in total. The smallest absolute Gasteiger partial charge is 0.262 e. The second-order valence-electron chi connectivity index (χ2n) is 7.57. The van der Waals surface area contributed by atoms with Gasteiger partial charge in [-0.25, -0.2) is 19.3 Å². The summed E-state index contributed by atoms with van der Waals surface area (Å²) in [5.74, 6) is -0.688. The lowest BCUT2D eigenvalue weighted by Crippen LogP contribution is -2.35. The van der Waals surface area contributed by atoms with Gasteiger partial charge >= 0.3 is 0 Å². The minimum Gasteiger partial charge on any atom is -0.373 e. The second-order valence-corrected chi connectivity index (χ2v) is 7.57. The number of hydrogen-bond donors (Lipinski definition) is 2. The lowest BCUT2D eigenvalue weighted by molar-refractivity contribution is -0.144. The van der Waals surface area contributed by atoms with Crippen LogP contribution in [0.4, 0.5) is 16.0 Å². The van der Waals surface area contributed by atoms with Crippen molar-refractivity contribution in [3.05, 3.63) is 66.6 Å². The summed E-state index contributed by atoms with van der Waals surface area (Å²) in [6, 6.07) is 9.92. The van der Waals surface area contributed by atoms with E-state index in [0.717, 1.165) is 6.20 Å². The number of rotatable bonds is 5. The molecule has 0 radical (unpaired) electrons. The van der Waals surface area contributed by atoms with Crippen molar-refractivity contribution in [3.63, 3.8) is 0 Å². The van der Waals surface area contributed by atoms with Crippen molar-refractivity contribution in [2.75, 3.05) is 18.9 Å². The van der Waals surface area contributed by atoms with Gasteiger partial charge in [0.05, 0.1) is 29.0 Å². The summed E-state index contributed by atoms with van der Waals surface area (Å²) in [5, 5.41) is 17.6. The Labute approximate surface area is 187 Å². The second kappa shape index (κ2) is 8.02. The Morgan fingerprint density at radius 2 is 1.91 bits per heavy atom. The maximum Gasteiger partial charge on any atom is 0.262 e. The third-order valence-corrected chi connectivity index (χ3v) is 5.38. The average molecular weight is 447 g/mol. The minimum absolute atomic E-state index is 0.0759. The van der Waals surface area contributed by atoms with E-state index in [0.29, 0.717) is 29.3 Å². The van der Waals surface area contributed by atoms with Crippen molar-refractivity contribution in [1.82, 2.24) is 30.0 Å². The number of nitrogens with one attached hydrogen (secondary N) is 1. The van der Waals surface area contributed by atoms with Crippen molar-refractivity contribution >= 4 is 17.5 Å². The largest absolute Gasteiger partial charge is 0.373 e. The van der Waals surface area contributed by atoms with E-state index < -0.39 is 17.3 Å². The molecule has 0 aromatic carbocycles. The molecule has 2 N–H and O–H groups in total. The van der Waals surface area contributed by atoms with Gasteiger partial charge in [-0.1, -0.05) is 11.2 Å². The molecular formula is C22H18FN7O3. The number of hydrogen-bond acceptors (Lipinski definition) is 9. The highest BCUT2D eigenvalue weighted by atomic mass is 19.1. The van der Waals surface area contributed by atoms with E-state index in [4.69, 9.17) is 4.52 Å². The summed E-state index contributed by atoms with van der Waals surface area (Å²) in [7, 11) is 1.62. The molecule has 4 aromatic rings. The molecule has 5 heterocycles. The van der Waals surface area contributed by atoms with E-state index in [1.165, 1.54) is 29.4 Å². The Kier molecular flexibility index (Phi) is 5.02. The molecule has 1 atom stereocenters. The van der Waals surface area contributed by atoms with Gasteiger partial charge in [0, 0.05) is 38.5 Å². The number of carbonyl (C=O) groups excluding carboxylic acids is 1. The van der Waals surface area contributed by atoms with Crippen LogP contribution in [0, 0.1) is 5.82 Å². The molecule has 1 aliphatic rings. The fourth-order valence-corrected chi connectivity index (χ4v) is 3.55. The highest BCUT2D eigenvalue weighted by Crippen LogP contribution is 2.34. The van der Waals surface area contributed by atoms with E-state index in [-0.39, 0.29) is 23.8 Å². The molecular weight excluding hydrogens is 429 g/mol. The zero-order chi connectivity index (χ0) is 23.0. The zero-order valence-corrected chi connectivity index (χ0v) is 17.4. The fourth-order valence-electron chi connectivity index (χ4n) is 3.55. The number of aromatic nitrogens is 5. The van der Waals surface area contributed by atoms with E-state index in [1.807, 2.05) is 0 Å². The van der Waals surface area contributed by atoms with Gasteiger partial charge in [0.2, 0.25) is 11.5 Å². The Hall–Kier alpha value is -4.25. The first-order valence-corrected chi connectivity index (χ1v) is 10.1. The number of anilines is 2. The molecule has 0 unspecified atom stereocenters. The first kappa shape index (κ1) is 20.6. The van der Waals surface area contributed by atoms with Crippen LogP contribution in [0.25, 0.3) is 22.8 Å². The maximum absolute atomic E-state index is 13.9. The number of likely N-dealkylation sites (tertiary alicyclic amines) is 1. The van der Waals surface area contributed by atoms with Gasteiger partial charge in [0.25, 0.3) is 5.91 Å². The van der Waals surface area contributed by atoms with Gasteiger partial charge in [-0.3, -0.25) is 9.78 Å². The van der Waals surface area contributed by atoms with E-state index >= 15 is 0 Å². The average Bonchev–Trinajstić information content (AvgIpc) is 3.43. The monoisotopic (exact) mass is 447 g/mol. The van der Waals surface area contributed by atoms with E-state index in [1.54, 1.807) is 31.3 Å². The molecule has 166 valence electrons. The van der Waals surface area contributed by atoms with Gasteiger partial charge in [0.1, 0.15) is 5.69 Å². The molecule has 1 fully saturated rings. The van der Waals surface area contributed by atoms with Crippen molar-refractivity contribution in [2.45, 2.75) is 12.0 Å². The quantitative estimate of drug-likeness (QED) is 0.474. The third-order valence-electron chi connectivity index (χ3n) is 5.38. The molecule has 33 heavy (non-hydrogen) atoms. The van der Waals surface area contributed by atoms with Gasteiger partial charge in [-0.05, 0) is 24.3 Å². The molecule has 5 rings (SSSR count). The Balaban J connectivity index is 1.42. The van der Waals surface area contributed by atoms with Crippen LogP contribution in [0.5, 0.6) is 0 Å². The summed E-state index contributed by atoms with van der Waals surface area (Å²) in [4.78, 5) is 30.6. The van der Waals surface area contributed by atoms with Gasteiger partial charge in [-0.15, -0.1) is 0 Å². The standard InChI is InChI=1S/C22H18FN7O3/c1-30-10-7-22(32,20(30)31)19-11-18(29-33-19)16-4-2-3-15(26-16)17-6-9-25-21(28-17)27-14-5-8-24-12-13(14)23/h2-6,8-9,11-12,32H,7,10H2,1H3,(H,24,25,27,28)/t22-/m1/s1. The van der Waals surface area contributed by atoms with Crippen LogP contribution in [0.3, 0.4) is 0 Å². The Morgan fingerprint density at radius 3 is 2.67 bits per heavy atom. The first-order valence-electron chi connectivity index (χ1n) is 10.1. The van der Waals surface area contributed by atoms with Crippen LogP contribution in [0.2, 0.25) is 0 Å². The predicted molar refractivity (Wildman–Crippen MR) is 114 cm³/mol. The molecule has 1 amide bonds. The van der Waals surface area contributed by atoms with Crippen LogP contribution in [0.1, 0.15) is 12.2 Å². The molecule has 1 aliphatic heterocycles. The molecule has 11 heteroatoms. The maximum atomic E-state index is 13.9. The highest BCUT2D eigenvalue weighted by molar-refractivity contribution is 5.87. The van der Waals surface area contributed by atoms with E-state index in [2.05, 4.69) is 30.4 Å². The number of nitrogens with zero attached hydrogens (tertiary/aromatic N) is 6. The summed E-state index contributed by atoms with van der Waals surface area (Å²) in [6.45, 7) is 0.423. The molecule has 0 bridgehead atoms. The summed E-state index contributed by atoms with van der Waals surface area (Å²) in [5.41, 5.74) is 0.329. The molecule has 0 saturated carbocycles. The SMILES string of the molecule is CN1CC[C@@](O)(c2cc(-c3cccc(-c4ccnc(Nc5ccncc5F)n4)n3)no2)C1=O. The molecule has 4 aromatic heterocycles. The number of amides is 1. The Morgan fingerprint density at radius 1 is 1.12 bits per heavy atom. The Bertz CT molecular complexity index is 1340. The number of aliphatic hydroxyl groups is 1. The zero-order valence-electron chi connectivity index (χ0n) is 17.4. The van der Waals surface area contributed by atoms with Crippen molar-refractivity contribution in [3.8, 4) is 22.8 Å². The number of pyridine rings is 2. The number of likely N-dealkylation sites (N-methyl/N-ethyl adjacent to an activating group) is 1. The van der Waals surface area contributed by atoms with Crippen LogP contribution in [-0.4, -0.2) is 54.6 Å². The van der Waals surface area contributed by atoms with Crippen LogP contribution in [-0.2, 0) is 10.4 Å². The summed E-state index contributed by atoms with van der Waals surface area (Å²) >= 11 is 0. The fraction of sp³-hybridized carbons (Fsp3) is 0.182. The third kappa shape index (κ3) is 3.78. The normalized spacial score (nSPS) is 18.0. The molecule has 1 saturated heterocycles. The minimum atomic E-state index is -1.73. The number of halogens is 1. The van der Waals surface area contributed by atoms with Gasteiger partial charge < -0.3 is 19.8 Å². The van der Waals surface area contributed by atoms with Crippen molar-refractivity contribution in [2.24, 2.45) is 0 Å². The topological polar surface area (TPSA) is 130 Å². The summed E-state index contributed by atoms with van der Waals surface area (Å²) in [6.07, 6.45) is 4.31. The van der Waals surface area contributed by atoms with Crippen LogP contribution >= 0.6 is 0 Å². The highest BCUT2D eigenvalue weighted by Gasteiger charge is 2.48. The lowest BCUT2D eigenvalue weighted by Gasteiger charge is -2.16. The number of carbonyl (C=O) groups is 1. The summed E-state index contributed by atoms with van der Waals surface area (Å²) < 4.78 is 19.2. The van der Waals surface area contributed by atoms with Gasteiger partial charge in [0.15, 0.2) is 11.6 Å². The van der Waals surface area contributed by atoms with Crippen LogP contribution < -0.4 is 5.32 Å². The van der Waals surface area contributed by atoms with Crippen molar-refractivity contribution in [1.29, 1.82) is 0 Å².